The van der Waals surface area contributed by atoms with E-state index in [-0.39, 0.29) is 0 Å². The van der Waals surface area contributed by atoms with Crippen LogP contribution in [0.5, 0.6) is 23.0 Å². The summed E-state index contributed by atoms with van der Waals surface area (Å²) in [4.78, 5) is 0. The highest BCUT2D eigenvalue weighted by atomic mass is 16.6. The first-order valence-corrected chi connectivity index (χ1v) is 12.1. The molecule has 0 saturated carbocycles. The number of benzene rings is 3. The lowest BCUT2D eigenvalue weighted by Crippen LogP contribution is -2.42. The van der Waals surface area contributed by atoms with Crippen molar-refractivity contribution in [3.8, 4) is 23.0 Å². The molecule has 3 aromatic carbocycles. The molecule has 0 aliphatic rings. The Bertz CT molecular complexity index is 874. The van der Waals surface area contributed by atoms with Gasteiger partial charge in [0.15, 0.2) is 11.5 Å². The lowest BCUT2D eigenvalue weighted by molar-refractivity contribution is 0.288. The Morgan fingerprint density at radius 1 is 0.515 bits per heavy atom. The predicted octanol–water partition coefficient (Wildman–Crippen LogP) is 6.68. The molecule has 0 aliphatic heterocycles. The first-order valence-electron chi connectivity index (χ1n) is 12.1. The Morgan fingerprint density at radius 3 is 1.39 bits per heavy atom. The van der Waals surface area contributed by atoms with Gasteiger partial charge in [-0.1, -0.05) is 94.1 Å². The molecule has 5 heteroatoms. The SMILES string of the molecule is CCCCCOc1ccccc1OB(Oc1ccccc1OCCCCC)c1ccccc1. The highest BCUT2D eigenvalue weighted by Gasteiger charge is 2.28. The number of unbranched alkanes of at least 4 members (excludes halogenated alkanes) is 4. The number of ether oxygens (including phenoxy) is 2. The summed E-state index contributed by atoms with van der Waals surface area (Å²) < 4.78 is 24.8. The molecule has 0 radical (unpaired) electrons. The standard InChI is InChI=1S/C28H35BO4/c1-3-5-14-22-30-25-18-10-12-20-27(25)32-29(24-16-8-7-9-17-24)33-28-21-13-11-19-26(28)31-23-15-6-4-2/h7-13,16-21H,3-6,14-15,22-23H2,1-2H3. The third-order valence-corrected chi connectivity index (χ3v) is 5.25. The van der Waals surface area contributed by atoms with E-state index < -0.39 is 7.12 Å². The van der Waals surface area contributed by atoms with Crippen LogP contribution in [0.2, 0.25) is 0 Å². The van der Waals surface area contributed by atoms with E-state index in [2.05, 4.69) is 13.8 Å². The van der Waals surface area contributed by atoms with Crippen LogP contribution in [-0.4, -0.2) is 20.3 Å². The summed E-state index contributed by atoms with van der Waals surface area (Å²) in [5.41, 5.74) is 0.916. The van der Waals surface area contributed by atoms with Crippen molar-refractivity contribution in [1.29, 1.82) is 0 Å². The molecule has 0 aliphatic carbocycles. The highest BCUT2D eigenvalue weighted by Crippen LogP contribution is 2.30. The zero-order valence-corrected chi connectivity index (χ0v) is 19.9. The van der Waals surface area contributed by atoms with Crippen molar-refractivity contribution >= 4 is 12.6 Å². The van der Waals surface area contributed by atoms with Gasteiger partial charge in [-0.2, -0.15) is 0 Å². The van der Waals surface area contributed by atoms with Gasteiger partial charge in [0, 0.05) is 5.46 Å². The number of hydrogen-bond acceptors (Lipinski definition) is 4. The Hall–Kier alpha value is -3.08. The second kappa shape index (κ2) is 14.2. The van der Waals surface area contributed by atoms with E-state index in [1.54, 1.807) is 0 Å². The minimum Gasteiger partial charge on any atom is -0.519 e. The summed E-state index contributed by atoms with van der Waals surface area (Å²) in [6.45, 7) is 5.70. The van der Waals surface area contributed by atoms with E-state index in [0.717, 1.165) is 55.5 Å². The number of rotatable bonds is 15. The van der Waals surface area contributed by atoms with Gasteiger partial charge in [-0.05, 0) is 37.1 Å². The van der Waals surface area contributed by atoms with E-state index in [0.29, 0.717) is 24.7 Å². The van der Waals surface area contributed by atoms with Crippen molar-refractivity contribution < 1.29 is 18.8 Å². The minimum atomic E-state index is -0.646. The largest absolute Gasteiger partial charge is 0.632 e. The fraction of sp³-hybridized carbons (Fsp3) is 0.357. The van der Waals surface area contributed by atoms with Crippen molar-refractivity contribution in [2.75, 3.05) is 13.2 Å². The van der Waals surface area contributed by atoms with Crippen molar-refractivity contribution in [2.24, 2.45) is 0 Å². The third kappa shape index (κ3) is 8.09. The van der Waals surface area contributed by atoms with Gasteiger partial charge in [-0.25, -0.2) is 0 Å². The van der Waals surface area contributed by atoms with Gasteiger partial charge in [0.25, 0.3) is 0 Å². The Labute approximate surface area is 199 Å². The fourth-order valence-electron chi connectivity index (χ4n) is 3.40. The van der Waals surface area contributed by atoms with Crippen molar-refractivity contribution in [3.05, 3.63) is 78.9 Å². The molecule has 174 valence electrons. The van der Waals surface area contributed by atoms with Gasteiger partial charge in [-0.15, -0.1) is 0 Å². The third-order valence-electron chi connectivity index (χ3n) is 5.25. The molecule has 0 heterocycles. The first-order chi connectivity index (χ1) is 16.3. The summed E-state index contributed by atoms with van der Waals surface area (Å²) in [5, 5.41) is 0. The summed E-state index contributed by atoms with van der Waals surface area (Å²) in [5.74, 6) is 2.76. The second-order valence-corrected chi connectivity index (χ2v) is 7.98. The van der Waals surface area contributed by atoms with Crippen LogP contribution in [0.3, 0.4) is 0 Å². The molecule has 0 N–H and O–H groups in total. The summed E-state index contributed by atoms with van der Waals surface area (Å²) in [7, 11) is -0.646. The van der Waals surface area contributed by atoms with E-state index in [1.807, 2.05) is 78.9 Å². The maximum Gasteiger partial charge on any atom is 0.632 e. The van der Waals surface area contributed by atoms with Crippen molar-refractivity contribution in [3.63, 3.8) is 0 Å². The van der Waals surface area contributed by atoms with Crippen LogP contribution in [0.25, 0.3) is 0 Å². The Morgan fingerprint density at radius 2 is 0.939 bits per heavy atom. The van der Waals surface area contributed by atoms with Crippen molar-refractivity contribution in [2.45, 2.75) is 52.4 Å². The van der Waals surface area contributed by atoms with Crippen LogP contribution in [0.4, 0.5) is 0 Å². The molecule has 0 unspecified atom stereocenters. The molecule has 3 aromatic rings. The summed E-state index contributed by atoms with van der Waals surface area (Å²) >= 11 is 0. The highest BCUT2D eigenvalue weighted by molar-refractivity contribution is 6.62. The van der Waals surface area contributed by atoms with E-state index in [9.17, 15) is 0 Å². The quantitative estimate of drug-likeness (QED) is 0.193. The number of para-hydroxylation sites is 4. The van der Waals surface area contributed by atoms with Crippen LogP contribution in [0.1, 0.15) is 52.4 Å². The Kier molecular flexibility index (Phi) is 10.5. The van der Waals surface area contributed by atoms with Gasteiger partial charge in [0.2, 0.25) is 0 Å². The lowest BCUT2D eigenvalue weighted by atomic mass is 9.78. The first kappa shape index (κ1) is 24.6. The van der Waals surface area contributed by atoms with E-state index in [4.69, 9.17) is 18.8 Å². The van der Waals surface area contributed by atoms with Crippen LogP contribution >= 0.6 is 0 Å². The normalized spacial score (nSPS) is 10.5. The zero-order valence-electron chi connectivity index (χ0n) is 19.9. The smallest absolute Gasteiger partial charge is 0.519 e. The second-order valence-electron chi connectivity index (χ2n) is 7.98. The maximum absolute atomic E-state index is 6.39. The van der Waals surface area contributed by atoms with Crippen LogP contribution in [-0.2, 0) is 0 Å². The van der Waals surface area contributed by atoms with Crippen molar-refractivity contribution in [1.82, 2.24) is 0 Å². The molecule has 33 heavy (non-hydrogen) atoms. The molecule has 0 amide bonds. The van der Waals surface area contributed by atoms with Crippen LogP contribution in [0, 0.1) is 0 Å². The molecule has 0 spiro atoms. The molecule has 0 atom stereocenters. The Balaban J connectivity index is 1.78. The maximum atomic E-state index is 6.39. The molecule has 0 bridgehead atoms. The van der Waals surface area contributed by atoms with Gasteiger partial charge >= 0.3 is 7.12 Å². The molecule has 3 rings (SSSR count). The molecular formula is C28H35BO4. The van der Waals surface area contributed by atoms with Gasteiger partial charge in [0.1, 0.15) is 11.5 Å². The van der Waals surface area contributed by atoms with Gasteiger partial charge < -0.3 is 18.8 Å². The summed E-state index contributed by atoms with van der Waals surface area (Å²) in [6.07, 6.45) is 6.65. The molecular weight excluding hydrogens is 411 g/mol. The van der Waals surface area contributed by atoms with E-state index in [1.165, 1.54) is 0 Å². The fourth-order valence-corrected chi connectivity index (χ4v) is 3.40. The minimum absolute atomic E-state index is 0.646. The molecule has 0 saturated heterocycles. The monoisotopic (exact) mass is 446 g/mol. The van der Waals surface area contributed by atoms with Crippen LogP contribution < -0.4 is 24.2 Å². The zero-order chi connectivity index (χ0) is 23.1. The summed E-state index contributed by atoms with van der Waals surface area (Å²) in [6, 6.07) is 25.5. The lowest BCUT2D eigenvalue weighted by Gasteiger charge is -2.20. The van der Waals surface area contributed by atoms with Gasteiger partial charge in [0.05, 0.1) is 13.2 Å². The predicted molar refractivity (Wildman–Crippen MR) is 136 cm³/mol. The molecule has 0 fully saturated rings. The molecule has 0 aromatic heterocycles. The van der Waals surface area contributed by atoms with E-state index >= 15 is 0 Å². The van der Waals surface area contributed by atoms with Gasteiger partial charge in [-0.3, -0.25) is 0 Å². The molecule has 4 nitrogen and oxygen atoms in total. The average molecular weight is 446 g/mol. The average Bonchev–Trinajstić information content (AvgIpc) is 2.86. The topological polar surface area (TPSA) is 36.9 Å². The van der Waals surface area contributed by atoms with Crippen LogP contribution in [0.15, 0.2) is 78.9 Å². The number of hydrogen-bond donors (Lipinski definition) is 0.